The maximum atomic E-state index is 12.7. The van der Waals surface area contributed by atoms with Crippen molar-refractivity contribution in [3.63, 3.8) is 0 Å². The Bertz CT molecular complexity index is 933. The molecule has 234 valence electrons. The summed E-state index contributed by atoms with van der Waals surface area (Å²) >= 11 is 0. The molecule has 0 heterocycles. The third kappa shape index (κ3) is 13.5. The van der Waals surface area contributed by atoms with Gasteiger partial charge in [-0.25, -0.2) is 0 Å². The Morgan fingerprint density at radius 3 is 1.95 bits per heavy atom. The van der Waals surface area contributed by atoms with Gasteiger partial charge in [0.1, 0.15) is 54.9 Å². The number of carboxylic acid groups (broad SMARTS) is 1. The first-order valence-corrected chi connectivity index (χ1v) is 12.9. The van der Waals surface area contributed by atoms with Crippen molar-refractivity contribution in [3.8, 4) is 0 Å². The van der Waals surface area contributed by atoms with Crippen molar-refractivity contribution >= 4 is 41.8 Å². The molecule has 0 saturated heterocycles. The summed E-state index contributed by atoms with van der Waals surface area (Å²) in [6.45, 7) is 4.48. The van der Waals surface area contributed by atoms with E-state index in [4.69, 9.17) is 15.6 Å². The summed E-state index contributed by atoms with van der Waals surface area (Å²) in [4.78, 5) is 83.4. The Kier molecular flexibility index (Phi) is 17.0. The van der Waals surface area contributed by atoms with Gasteiger partial charge in [-0.05, 0) is 33.6 Å². The zero-order valence-corrected chi connectivity index (χ0v) is 23.4. The number of rotatable bonds is 20. The van der Waals surface area contributed by atoms with Crippen LogP contribution in [0.15, 0.2) is 0 Å². The molecule has 17 heteroatoms. The molecule has 0 aromatic carbocycles. The minimum atomic E-state index is -1.90. The van der Waals surface area contributed by atoms with E-state index in [0.29, 0.717) is 6.42 Å². The molecule has 0 aliphatic carbocycles. The Morgan fingerprint density at radius 1 is 0.878 bits per heavy atom. The number of amides is 5. The smallest absolute Gasteiger partial charge is 0.325 e. The number of nitrogens with two attached hydrogens (primary N) is 1. The molecule has 8 atom stereocenters. The Labute approximate surface area is 236 Å². The molecule has 0 fully saturated rings. The molecule has 5 amide bonds. The SMILES string of the molecule is CCCC(=O)N[C@@H](C=O)[C@@H](OC(C)C(=O)NC(C)C(=O)NC(CCC(=O)NC(C)C(=O)O)C(N)=O)[C@H](O)[C@H](O)CO. The molecule has 0 aliphatic heterocycles. The molecular weight excluding hydrogens is 550 g/mol. The van der Waals surface area contributed by atoms with Gasteiger partial charge in [0.05, 0.1) is 6.61 Å². The normalized spacial score (nSPS) is 16.9. The average molecular weight is 592 g/mol. The lowest BCUT2D eigenvalue weighted by Gasteiger charge is -2.32. The molecule has 17 nitrogen and oxygen atoms in total. The van der Waals surface area contributed by atoms with Crippen LogP contribution < -0.4 is 27.0 Å². The van der Waals surface area contributed by atoms with Crippen molar-refractivity contribution in [2.45, 2.75) is 102 Å². The van der Waals surface area contributed by atoms with Crippen molar-refractivity contribution in [1.82, 2.24) is 21.3 Å². The highest BCUT2D eigenvalue weighted by atomic mass is 16.5. The first-order chi connectivity index (χ1) is 19.1. The minimum Gasteiger partial charge on any atom is -0.480 e. The van der Waals surface area contributed by atoms with Crippen molar-refractivity contribution < 1.29 is 58.7 Å². The highest BCUT2D eigenvalue weighted by Gasteiger charge is 2.37. The quantitative estimate of drug-likeness (QED) is 0.0609. The lowest BCUT2D eigenvalue weighted by Crippen LogP contribution is -2.57. The predicted molar refractivity (Wildman–Crippen MR) is 140 cm³/mol. The van der Waals surface area contributed by atoms with Gasteiger partial charge < -0.3 is 57.0 Å². The maximum Gasteiger partial charge on any atom is 0.325 e. The molecule has 10 N–H and O–H groups in total. The second-order valence-corrected chi connectivity index (χ2v) is 9.32. The van der Waals surface area contributed by atoms with E-state index in [-0.39, 0.29) is 25.5 Å². The van der Waals surface area contributed by atoms with Crippen molar-refractivity contribution in [1.29, 1.82) is 0 Å². The van der Waals surface area contributed by atoms with Gasteiger partial charge in [0.25, 0.3) is 0 Å². The monoisotopic (exact) mass is 591 g/mol. The van der Waals surface area contributed by atoms with Crippen LogP contribution in [0.4, 0.5) is 0 Å². The Balaban J connectivity index is 5.33. The van der Waals surface area contributed by atoms with Gasteiger partial charge in [-0.2, -0.15) is 0 Å². The van der Waals surface area contributed by atoms with Crippen molar-refractivity contribution in [3.05, 3.63) is 0 Å². The summed E-state index contributed by atoms with van der Waals surface area (Å²) < 4.78 is 5.47. The molecule has 0 aromatic heterocycles. The van der Waals surface area contributed by atoms with Gasteiger partial charge in [-0.3, -0.25) is 28.8 Å². The number of aliphatic carboxylic acids is 1. The summed E-state index contributed by atoms with van der Waals surface area (Å²) in [5, 5.41) is 47.4. The van der Waals surface area contributed by atoms with Crippen LogP contribution in [0.2, 0.25) is 0 Å². The number of carbonyl (C=O) groups is 7. The molecule has 0 aliphatic rings. The van der Waals surface area contributed by atoms with E-state index < -0.39 is 90.7 Å². The third-order valence-electron chi connectivity index (χ3n) is 5.77. The fourth-order valence-corrected chi connectivity index (χ4v) is 3.31. The van der Waals surface area contributed by atoms with Crippen LogP contribution >= 0.6 is 0 Å². The lowest BCUT2D eigenvalue weighted by atomic mass is 10.0. The number of nitrogens with one attached hydrogen (secondary N) is 4. The van der Waals surface area contributed by atoms with E-state index >= 15 is 0 Å². The number of primary amides is 1. The highest BCUT2D eigenvalue weighted by Crippen LogP contribution is 2.13. The number of hydrogen-bond acceptors (Lipinski definition) is 11. The van der Waals surface area contributed by atoms with Crippen LogP contribution in [-0.2, 0) is 38.3 Å². The number of aliphatic hydroxyl groups excluding tert-OH is 3. The molecule has 41 heavy (non-hydrogen) atoms. The van der Waals surface area contributed by atoms with Gasteiger partial charge in [0, 0.05) is 12.8 Å². The minimum absolute atomic E-state index is 0.0385. The predicted octanol–water partition coefficient (Wildman–Crippen LogP) is -4.20. The number of carbonyl (C=O) groups excluding carboxylic acids is 6. The van der Waals surface area contributed by atoms with Gasteiger partial charge in [-0.1, -0.05) is 6.92 Å². The fourth-order valence-electron chi connectivity index (χ4n) is 3.31. The zero-order valence-electron chi connectivity index (χ0n) is 23.4. The second-order valence-electron chi connectivity index (χ2n) is 9.32. The van der Waals surface area contributed by atoms with Crippen LogP contribution in [0, 0.1) is 0 Å². The number of carboxylic acids is 1. The Morgan fingerprint density at radius 2 is 1.46 bits per heavy atom. The Hall–Kier alpha value is -3.67. The van der Waals surface area contributed by atoms with Gasteiger partial charge in [-0.15, -0.1) is 0 Å². The first-order valence-electron chi connectivity index (χ1n) is 12.9. The molecular formula is C24H41N5O12. The average Bonchev–Trinajstić information content (AvgIpc) is 2.91. The van der Waals surface area contributed by atoms with E-state index in [0.717, 1.165) is 0 Å². The van der Waals surface area contributed by atoms with Crippen LogP contribution in [-0.4, -0.2) is 117 Å². The fraction of sp³-hybridized carbons (Fsp3) is 0.708. The van der Waals surface area contributed by atoms with E-state index in [1.54, 1.807) is 6.92 Å². The first kappa shape index (κ1) is 37.3. The van der Waals surface area contributed by atoms with Gasteiger partial charge >= 0.3 is 5.97 Å². The van der Waals surface area contributed by atoms with Crippen LogP contribution in [0.3, 0.4) is 0 Å². The van der Waals surface area contributed by atoms with E-state index in [2.05, 4.69) is 21.3 Å². The topological polar surface area (TPSA) is 284 Å². The van der Waals surface area contributed by atoms with Crippen LogP contribution in [0.5, 0.6) is 0 Å². The van der Waals surface area contributed by atoms with Crippen LogP contribution in [0.1, 0.15) is 53.4 Å². The second kappa shape index (κ2) is 18.6. The number of aldehydes is 1. The largest absolute Gasteiger partial charge is 0.480 e. The summed E-state index contributed by atoms with van der Waals surface area (Å²) in [6, 6.07) is -5.30. The molecule has 0 spiro atoms. The molecule has 0 aromatic rings. The number of ether oxygens (including phenoxy) is 1. The standard InChI is InChI=1S/C24H41N5O12/c1-5-6-17(33)28-15(9-30)20(19(35)16(32)10-31)41-13(4)23(38)27-11(2)22(37)29-14(21(25)36)7-8-18(34)26-12(3)24(39)40/h9,11-16,19-20,31-32,35H,5-8,10H2,1-4H3,(H2,25,36)(H,26,34)(H,27,38)(H,28,33)(H,29,37)(H,39,40)/t11?,12?,13?,14?,15-,16+,19+,20+/m0/s1. The molecule has 0 saturated carbocycles. The van der Waals surface area contributed by atoms with Crippen molar-refractivity contribution in [2.24, 2.45) is 5.73 Å². The summed E-state index contributed by atoms with van der Waals surface area (Å²) in [5.41, 5.74) is 5.28. The maximum absolute atomic E-state index is 12.7. The van der Waals surface area contributed by atoms with Gasteiger partial charge in [0.2, 0.25) is 29.5 Å². The van der Waals surface area contributed by atoms with Gasteiger partial charge in [0.15, 0.2) is 0 Å². The molecule has 4 unspecified atom stereocenters. The summed E-state index contributed by atoms with van der Waals surface area (Å²) in [5.74, 6) is -5.32. The summed E-state index contributed by atoms with van der Waals surface area (Å²) in [6.07, 6.45) is -6.71. The third-order valence-corrected chi connectivity index (χ3v) is 5.77. The van der Waals surface area contributed by atoms with Crippen molar-refractivity contribution in [2.75, 3.05) is 6.61 Å². The van der Waals surface area contributed by atoms with Crippen LogP contribution in [0.25, 0.3) is 0 Å². The van der Waals surface area contributed by atoms with E-state index in [1.165, 1.54) is 20.8 Å². The van der Waals surface area contributed by atoms with E-state index in [9.17, 15) is 48.9 Å². The summed E-state index contributed by atoms with van der Waals surface area (Å²) in [7, 11) is 0. The van der Waals surface area contributed by atoms with E-state index in [1.807, 2.05) is 0 Å². The molecule has 0 rings (SSSR count). The molecule has 0 bridgehead atoms. The number of aliphatic hydroxyl groups is 3. The number of hydrogen-bond donors (Lipinski definition) is 9. The lowest BCUT2D eigenvalue weighted by molar-refractivity contribution is -0.158. The highest BCUT2D eigenvalue weighted by molar-refractivity contribution is 5.92. The molecule has 0 radical (unpaired) electrons. The zero-order chi connectivity index (χ0) is 31.9.